The van der Waals surface area contributed by atoms with Crippen molar-refractivity contribution in [2.24, 2.45) is 23.7 Å². The number of unbranched alkanes of at least 4 members (excludes halogenated alkanes) is 22. The van der Waals surface area contributed by atoms with Crippen molar-refractivity contribution in [3.8, 4) is 0 Å². The third kappa shape index (κ3) is 25.6. The number of esters is 1. The topological polar surface area (TPSA) is 58.6 Å². The minimum atomic E-state index is -0.0984. The van der Waals surface area contributed by atoms with Gasteiger partial charge in [0, 0.05) is 13.0 Å². The number of nitrogens with one attached hydrogen (secondary N) is 1. The predicted octanol–water partition coefficient (Wildman–Crippen LogP) is 14.3. The lowest BCUT2D eigenvalue weighted by Gasteiger charge is -2.35. The summed E-state index contributed by atoms with van der Waals surface area (Å²) in [5.41, 5.74) is 0. The average molecular weight is 771 g/mol. The van der Waals surface area contributed by atoms with Crippen LogP contribution in [0.4, 0.5) is 0 Å². The second-order valence-corrected chi connectivity index (χ2v) is 18.3. The number of likely N-dealkylation sites (tertiary alicyclic amines) is 1. The van der Waals surface area contributed by atoms with E-state index in [1.165, 1.54) is 186 Å². The maximum absolute atomic E-state index is 13.5. The van der Waals surface area contributed by atoms with Crippen LogP contribution in [0.3, 0.4) is 0 Å². The molecule has 1 aliphatic carbocycles. The largest absolute Gasteiger partial charge is 0.463 e. The quantitative estimate of drug-likeness (QED) is 0.0392. The van der Waals surface area contributed by atoms with Crippen LogP contribution in [-0.2, 0) is 14.3 Å². The summed E-state index contributed by atoms with van der Waals surface area (Å²) in [7, 11) is 0. The summed E-state index contributed by atoms with van der Waals surface area (Å²) in [6.07, 6.45) is 46.3. The lowest BCUT2D eigenvalue weighted by molar-refractivity contribution is -0.146. The molecule has 1 saturated carbocycles. The van der Waals surface area contributed by atoms with Gasteiger partial charge in [-0.2, -0.15) is 0 Å². The van der Waals surface area contributed by atoms with Crippen LogP contribution < -0.4 is 5.32 Å². The molecule has 2 rings (SSSR count). The van der Waals surface area contributed by atoms with Crippen molar-refractivity contribution in [1.82, 2.24) is 10.2 Å². The maximum atomic E-state index is 13.5. The fourth-order valence-electron chi connectivity index (χ4n) is 9.70. The van der Waals surface area contributed by atoms with Gasteiger partial charge in [-0.25, -0.2) is 0 Å². The first-order valence-corrected chi connectivity index (χ1v) is 24.8. The number of hydrogen-bond donors (Lipinski definition) is 1. The molecule has 55 heavy (non-hydrogen) atoms. The van der Waals surface area contributed by atoms with Gasteiger partial charge in [0.2, 0.25) is 5.91 Å². The molecule has 0 radical (unpaired) electrons. The number of ether oxygens (including phenoxy) is 1. The van der Waals surface area contributed by atoms with Crippen LogP contribution in [0.1, 0.15) is 240 Å². The number of piperidine rings is 1. The van der Waals surface area contributed by atoms with E-state index in [9.17, 15) is 9.59 Å². The first-order chi connectivity index (χ1) is 27.0. The van der Waals surface area contributed by atoms with Crippen molar-refractivity contribution in [3.05, 3.63) is 12.2 Å². The fraction of sp³-hybridized carbons (Fsp3) is 0.920. The Hall–Kier alpha value is -1.36. The van der Waals surface area contributed by atoms with E-state index in [-0.39, 0.29) is 17.9 Å². The van der Waals surface area contributed by atoms with Crippen LogP contribution in [0.25, 0.3) is 0 Å². The summed E-state index contributed by atoms with van der Waals surface area (Å²) in [5.74, 6) is 2.19. The van der Waals surface area contributed by atoms with E-state index in [2.05, 4.69) is 50.1 Å². The molecule has 1 aliphatic heterocycles. The van der Waals surface area contributed by atoms with Crippen LogP contribution >= 0.6 is 0 Å². The Morgan fingerprint density at radius 3 is 1.69 bits per heavy atom. The monoisotopic (exact) mass is 771 g/mol. The third-order valence-corrected chi connectivity index (χ3v) is 13.2. The van der Waals surface area contributed by atoms with E-state index >= 15 is 0 Å². The number of allylic oxidation sites excluding steroid dienone is 2. The Morgan fingerprint density at radius 1 is 0.636 bits per heavy atom. The van der Waals surface area contributed by atoms with Crippen molar-refractivity contribution in [2.75, 3.05) is 26.2 Å². The van der Waals surface area contributed by atoms with Crippen molar-refractivity contribution in [3.63, 3.8) is 0 Å². The minimum absolute atomic E-state index is 0.0770. The second-order valence-electron chi connectivity index (χ2n) is 18.3. The Balaban J connectivity index is 1.79. The molecule has 2 aliphatic rings. The van der Waals surface area contributed by atoms with Gasteiger partial charge in [-0.15, -0.1) is 0 Å². The average Bonchev–Trinajstić information content (AvgIpc) is 3.62. The zero-order chi connectivity index (χ0) is 39.6. The second kappa shape index (κ2) is 34.7. The van der Waals surface area contributed by atoms with Crippen molar-refractivity contribution in [1.29, 1.82) is 0 Å². The number of amides is 1. The van der Waals surface area contributed by atoms with Gasteiger partial charge in [0.1, 0.15) is 6.61 Å². The molecule has 1 amide bonds. The highest BCUT2D eigenvalue weighted by atomic mass is 16.5. The van der Waals surface area contributed by atoms with E-state index in [4.69, 9.17) is 4.74 Å². The van der Waals surface area contributed by atoms with Crippen LogP contribution in [0.2, 0.25) is 0 Å². The van der Waals surface area contributed by atoms with Gasteiger partial charge < -0.3 is 15.0 Å². The Kier molecular flexibility index (Phi) is 31.4. The van der Waals surface area contributed by atoms with Gasteiger partial charge >= 0.3 is 5.97 Å². The third-order valence-electron chi connectivity index (χ3n) is 13.2. The van der Waals surface area contributed by atoms with Gasteiger partial charge in [-0.1, -0.05) is 181 Å². The van der Waals surface area contributed by atoms with Gasteiger partial charge in [-0.3, -0.25) is 9.59 Å². The van der Waals surface area contributed by atoms with Crippen LogP contribution in [0, 0.1) is 23.7 Å². The number of hydrogen-bond acceptors (Lipinski definition) is 4. The molecule has 4 atom stereocenters. The zero-order valence-electron chi connectivity index (χ0n) is 37.4. The molecule has 0 aromatic rings. The normalized spacial score (nSPS) is 19.8. The van der Waals surface area contributed by atoms with Gasteiger partial charge in [0.05, 0.1) is 12.5 Å². The fourth-order valence-corrected chi connectivity index (χ4v) is 9.70. The summed E-state index contributed by atoms with van der Waals surface area (Å²) in [6, 6.07) is -0.0770. The van der Waals surface area contributed by atoms with Crippen molar-refractivity contribution < 1.29 is 14.3 Å². The minimum Gasteiger partial charge on any atom is -0.463 e. The standard InChI is InChI=1S/C50H94N2O3/c1-5-7-9-11-13-15-17-19-20-21-23-25-27-29-32-36-48(53)51-47(43-55-49(54)39-42-52-40-33-30-34-41-52)50-45(37-38-46(50)44(3)4)35-31-28-26-24-22-18-16-14-12-10-8-6-2/h19-20,44-47,50H,5-18,21-43H2,1-4H3,(H,51,53)/b20-19-/t45-,46?,47-,50-/m0/s1. The highest BCUT2D eigenvalue weighted by molar-refractivity contribution is 5.76. The number of carbonyl (C=O) groups is 2. The number of nitrogens with zero attached hydrogens (tertiary/aromatic N) is 1. The molecule has 1 heterocycles. The Morgan fingerprint density at radius 2 is 1.15 bits per heavy atom. The van der Waals surface area contributed by atoms with Crippen LogP contribution in [-0.4, -0.2) is 49.1 Å². The molecule has 0 bridgehead atoms. The Labute approximate surface area is 343 Å². The number of carbonyl (C=O) groups excluding carboxylic acids is 2. The van der Waals surface area contributed by atoms with E-state index in [1.54, 1.807) is 0 Å². The first-order valence-electron chi connectivity index (χ1n) is 24.8. The van der Waals surface area contributed by atoms with Crippen LogP contribution in [0.5, 0.6) is 0 Å². The van der Waals surface area contributed by atoms with Crippen LogP contribution in [0.15, 0.2) is 12.2 Å². The SMILES string of the molecule is CCCCCCCC/C=C\CCCCCCCC(=O)N[C@@H](COC(=O)CCN1CCCCC1)[C@@H]1C(C(C)C)CC[C@@H]1CCCCCCCCCCCCCC. The molecule has 0 aromatic heterocycles. The first kappa shape index (κ1) is 49.8. The maximum Gasteiger partial charge on any atom is 0.307 e. The van der Waals surface area contributed by atoms with E-state index in [1.807, 2.05) is 0 Å². The molecule has 5 heteroatoms. The summed E-state index contributed by atoms with van der Waals surface area (Å²) >= 11 is 0. The predicted molar refractivity (Wildman–Crippen MR) is 237 cm³/mol. The van der Waals surface area contributed by atoms with Gasteiger partial charge in [-0.05, 0) is 94.5 Å². The summed E-state index contributed by atoms with van der Waals surface area (Å²) in [6.45, 7) is 12.6. The van der Waals surface area contributed by atoms with E-state index in [0.29, 0.717) is 43.1 Å². The highest BCUT2D eigenvalue weighted by Crippen LogP contribution is 2.45. The molecule has 2 fully saturated rings. The van der Waals surface area contributed by atoms with Gasteiger partial charge in [0.15, 0.2) is 0 Å². The lowest BCUT2D eigenvalue weighted by Crippen LogP contribution is -2.48. The molecule has 0 aromatic carbocycles. The van der Waals surface area contributed by atoms with E-state index < -0.39 is 0 Å². The highest BCUT2D eigenvalue weighted by Gasteiger charge is 2.42. The molecular weight excluding hydrogens is 677 g/mol. The summed E-state index contributed by atoms with van der Waals surface area (Å²) < 4.78 is 6.05. The lowest BCUT2D eigenvalue weighted by atomic mass is 9.76. The number of rotatable bonds is 36. The molecular formula is C50H94N2O3. The smallest absolute Gasteiger partial charge is 0.307 e. The van der Waals surface area contributed by atoms with Crippen molar-refractivity contribution in [2.45, 2.75) is 246 Å². The van der Waals surface area contributed by atoms with Gasteiger partial charge in [0.25, 0.3) is 0 Å². The molecule has 322 valence electrons. The summed E-state index contributed by atoms with van der Waals surface area (Å²) in [5, 5.41) is 3.49. The summed E-state index contributed by atoms with van der Waals surface area (Å²) in [4.78, 5) is 29.0. The molecule has 0 spiro atoms. The van der Waals surface area contributed by atoms with Crippen molar-refractivity contribution >= 4 is 11.9 Å². The zero-order valence-corrected chi connectivity index (χ0v) is 37.4. The molecule has 5 nitrogen and oxygen atoms in total. The molecule has 1 unspecified atom stereocenters. The Bertz CT molecular complexity index is 928. The molecule has 1 N–H and O–H groups in total. The molecule has 1 saturated heterocycles. The van der Waals surface area contributed by atoms with E-state index in [0.717, 1.165) is 32.5 Å².